The van der Waals surface area contributed by atoms with Crippen LogP contribution in [-0.4, -0.2) is 51.9 Å². The fourth-order valence-electron chi connectivity index (χ4n) is 3.77. The molecule has 1 aliphatic rings. The Morgan fingerprint density at radius 3 is 2.54 bits per heavy atom. The summed E-state index contributed by atoms with van der Waals surface area (Å²) in [6, 6.07) is 12.7. The van der Waals surface area contributed by atoms with E-state index in [0.717, 1.165) is 49.8 Å². The molecule has 0 fully saturated rings. The van der Waals surface area contributed by atoms with Crippen LogP contribution in [0.4, 0.5) is 0 Å². The molecule has 0 aromatic heterocycles. The number of methoxy groups -OCH3 is 2. The molecule has 0 aliphatic carbocycles. The lowest BCUT2D eigenvalue weighted by Crippen LogP contribution is -2.30. The summed E-state index contributed by atoms with van der Waals surface area (Å²) in [7, 11) is 3.41. The molecule has 1 aliphatic heterocycles. The zero-order valence-electron chi connectivity index (χ0n) is 17.5. The topological polar surface area (TPSA) is 43.0 Å². The number of likely N-dealkylation sites (N-methyl/N-ethyl adjacent to an activating group) is 1. The SMILES string of the molecule is CCN(CC)CCOc1ccc(C2NCCc3cc(OC)ccc32)cc1OC. The molecule has 5 heteroatoms. The van der Waals surface area contributed by atoms with Gasteiger partial charge in [-0.1, -0.05) is 26.0 Å². The summed E-state index contributed by atoms with van der Waals surface area (Å²) in [5.41, 5.74) is 3.81. The predicted molar refractivity (Wildman–Crippen MR) is 113 cm³/mol. The van der Waals surface area contributed by atoms with Crippen LogP contribution in [0.15, 0.2) is 36.4 Å². The number of hydrogen-bond acceptors (Lipinski definition) is 5. The van der Waals surface area contributed by atoms with Crippen molar-refractivity contribution in [2.45, 2.75) is 26.3 Å². The zero-order valence-corrected chi connectivity index (χ0v) is 17.5. The van der Waals surface area contributed by atoms with Crippen LogP contribution in [0.25, 0.3) is 0 Å². The van der Waals surface area contributed by atoms with Gasteiger partial charge < -0.3 is 24.4 Å². The maximum Gasteiger partial charge on any atom is 0.161 e. The Labute approximate surface area is 168 Å². The van der Waals surface area contributed by atoms with Gasteiger partial charge in [-0.15, -0.1) is 0 Å². The highest BCUT2D eigenvalue weighted by Gasteiger charge is 2.23. The third-order valence-corrected chi connectivity index (χ3v) is 5.48. The van der Waals surface area contributed by atoms with Crippen molar-refractivity contribution in [2.24, 2.45) is 0 Å². The van der Waals surface area contributed by atoms with Crippen molar-refractivity contribution in [1.82, 2.24) is 10.2 Å². The van der Waals surface area contributed by atoms with Gasteiger partial charge in [-0.25, -0.2) is 0 Å². The Kier molecular flexibility index (Phi) is 7.18. The molecule has 2 aromatic rings. The van der Waals surface area contributed by atoms with E-state index in [2.05, 4.69) is 48.3 Å². The Bertz CT molecular complexity index is 774. The minimum atomic E-state index is 0.147. The second-order valence-corrected chi connectivity index (χ2v) is 6.99. The van der Waals surface area contributed by atoms with Crippen LogP contribution in [0.5, 0.6) is 17.2 Å². The molecular formula is C23H32N2O3. The highest BCUT2D eigenvalue weighted by Crippen LogP contribution is 2.35. The molecule has 1 atom stereocenters. The minimum Gasteiger partial charge on any atom is -0.497 e. The van der Waals surface area contributed by atoms with Crippen LogP contribution in [0.1, 0.15) is 36.6 Å². The van der Waals surface area contributed by atoms with Crippen molar-refractivity contribution in [3.63, 3.8) is 0 Å². The molecular weight excluding hydrogens is 352 g/mol. The van der Waals surface area contributed by atoms with E-state index < -0.39 is 0 Å². The summed E-state index contributed by atoms with van der Waals surface area (Å²) in [6.45, 7) is 8.92. The molecule has 2 aromatic carbocycles. The van der Waals surface area contributed by atoms with Gasteiger partial charge in [-0.05, 0) is 60.5 Å². The number of nitrogens with one attached hydrogen (secondary N) is 1. The molecule has 1 unspecified atom stereocenters. The van der Waals surface area contributed by atoms with Crippen molar-refractivity contribution in [3.8, 4) is 17.2 Å². The van der Waals surface area contributed by atoms with Gasteiger partial charge in [-0.2, -0.15) is 0 Å². The third kappa shape index (κ3) is 4.59. The molecule has 1 heterocycles. The molecule has 0 saturated carbocycles. The standard InChI is InChI=1S/C23H32N2O3/c1-5-25(6-2)13-14-28-21-10-7-18(16-22(21)27-4)23-20-9-8-19(26-3)15-17(20)11-12-24-23/h7-10,15-16,23-24H,5-6,11-14H2,1-4H3. The van der Waals surface area contributed by atoms with Gasteiger partial charge in [0, 0.05) is 13.1 Å². The van der Waals surface area contributed by atoms with Gasteiger partial charge in [0.2, 0.25) is 0 Å². The smallest absolute Gasteiger partial charge is 0.161 e. The molecule has 3 rings (SSSR count). The molecule has 28 heavy (non-hydrogen) atoms. The summed E-state index contributed by atoms with van der Waals surface area (Å²) in [5.74, 6) is 2.48. The van der Waals surface area contributed by atoms with Gasteiger partial charge >= 0.3 is 0 Å². The Balaban J connectivity index is 1.77. The summed E-state index contributed by atoms with van der Waals surface area (Å²) in [5, 5.41) is 3.63. The van der Waals surface area contributed by atoms with Gasteiger partial charge in [0.1, 0.15) is 12.4 Å². The molecule has 0 amide bonds. The monoisotopic (exact) mass is 384 g/mol. The van der Waals surface area contributed by atoms with Crippen molar-refractivity contribution in [2.75, 3.05) is 47.0 Å². The van der Waals surface area contributed by atoms with Crippen LogP contribution in [0.2, 0.25) is 0 Å². The molecule has 152 valence electrons. The summed E-state index contributed by atoms with van der Waals surface area (Å²) >= 11 is 0. The third-order valence-electron chi connectivity index (χ3n) is 5.48. The van der Waals surface area contributed by atoms with E-state index in [1.165, 1.54) is 16.7 Å². The fraction of sp³-hybridized carbons (Fsp3) is 0.478. The summed E-state index contributed by atoms with van der Waals surface area (Å²) in [6.07, 6.45) is 1.01. The predicted octanol–water partition coefficient (Wildman–Crippen LogP) is 3.66. The van der Waals surface area contributed by atoms with Crippen LogP contribution < -0.4 is 19.5 Å². The quantitative estimate of drug-likeness (QED) is 0.715. The van der Waals surface area contributed by atoms with E-state index in [0.29, 0.717) is 6.61 Å². The van der Waals surface area contributed by atoms with E-state index in [4.69, 9.17) is 14.2 Å². The largest absolute Gasteiger partial charge is 0.497 e. The van der Waals surface area contributed by atoms with E-state index in [1.807, 2.05) is 12.1 Å². The van der Waals surface area contributed by atoms with Crippen LogP contribution in [-0.2, 0) is 6.42 Å². The van der Waals surface area contributed by atoms with Crippen LogP contribution >= 0.6 is 0 Å². The molecule has 0 saturated heterocycles. The molecule has 5 nitrogen and oxygen atoms in total. The van der Waals surface area contributed by atoms with Crippen molar-refractivity contribution in [3.05, 3.63) is 53.1 Å². The second kappa shape index (κ2) is 9.80. The highest BCUT2D eigenvalue weighted by atomic mass is 16.5. The van der Waals surface area contributed by atoms with Crippen LogP contribution in [0.3, 0.4) is 0 Å². The Morgan fingerprint density at radius 2 is 1.82 bits per heavy atom. The lowest BCUT2D eigenvalue weighted by molar-refractivity contribution is 0.217. The van der Waals surface area contributed by atoms with E-state index in [-0.39, 0.29) is 6.04 Å². The first-order chi connectivity index (χ1) is 13.7. The molecule has 0 radical (unpaired) electrons. The molecule has 0 spiro atoms. The first-order valence-corrected chi connectivity index (χ1v) is 10.1. The summed E-state index contributed by atoms with van der Waals surface area (Å²) in [4.78, 5) is 2.35. The number of ether oxygens (including phenoxy) is 3. The second-order valence-electron chi connectivity index (χ2n) is 6.99. The van der Waals surface area contributed by atoms with E-state index in [9.17, 15) is 0 Å². The maximum absolute atomic E-state index is 6.00. The van der Waals surface area contributed by atoms with Gasteiger partial charge in [0.15, 0.2) is 11.5 Å². The Morgan fingerprint density at radius 1 is 1.00 bits per heavy atom. The number of hydrogen-bond donors (Lipinski definition) is 1. The van der Waals surface area contributed by atoms with Gasteiger partial charge in [0.05, 0.1) is 20.3 Å². The van der Waals surface area contributed by atoms with E-state index in [1.54, 1.807) is 14.2 Å². The lowest BCUT2D eigenvalue weighted by Gasteiger charge is -2.28. The van der Waals surface area contributed by atoms with Gasteiger partial charge in [-0.3, -0.25) is 0 Å². The van der Waals surface area contributed by atoms with E-state index >= 15 is 0 Å². The molecule has 1 N–H and O–H groups in total. The summed E-state index contributed by atoms with van der Waals surface area (Å²) < 4.78 is 17.0. The number of nitrogens with zero attached hydrogens (tertiary/aromatic N) is 1. The lowest BCUT2D eigenvalue weighted by atomic mass is 9.89. The number of rotatable bonds is 9. The first-order valence-electron chi connectivity index (χ1n) is 10.1. The van der Waals surface area contributed by atoms with Crippen LogP contribution in [0, 0.1) is 0 Å². The average Bonchev–Trinajstić information content (AvgIpc) is 2.76. The zero-order chi connectivity index (χ0) is 19.9. The minimum absolute atomic E-state index is 0.147. The van der Waals surface area contributed by atoms with Crippen molar-refractivity contribution in [1.29, 1.82) is 0 Å². The highest BCUT2D eigenvalue weighted by molar-refractivity contribution is 5.49. The first kappa shape index (κ1) is 20.5. The maximum atomic E-state index is 6.00. The van der Waals surface area contributed by atoms with Gasteiger partial charge in [0.25, 0.3) is 0 Å². The Hall–Kier alpha value is -2.24. The van der Waals surface area contributed by atoms with Crippen molar-refractivity contribution >= 4 is 0 Å². The van der Waals surface area contributed by atoms with Crippen molar-refractivity contribution < 1.29 is 14.2 Å². The fourth-order valence-corrected chi connectivity index (χ4v) is 3.77. The number of benzene rings is 2. The average molecular weight is 385 g/mol. The molecule has 0 bridgehead atoms. The normalized spacial score (nSPS) is 16.0. The number of fused-ring (bicyclic) bond motifs is 1.